The van der Waals surface area contributed by atoms with Crippen molar-refractivity contribution >= 4 is 39.1 Å². The van der Waals surface area contributed by atoms with Crippen molar-refractivity contribution in [1.82, 2.24) is 9.97 Å². The van der Waals surface area contributed by atoms with E-state index < -0.39 is 0 Å². The van der Waals surface area contributed by atoms with Crippen molar-refractivity contribution in [2.45, 2.75) is 24.8 Å². The molecule has 0 atom stereocenters. The van der Waals surface area contributed by atoms with Gasteiger partial charge in [0.1, 0.15) is 4.83 Å². The van der Waals surface area contributed by atoms with Crippen LogP contribution in [0.3, 0.4) is 0 Å². The van der Waals surface area contributed by atoms with Crippen molar-refractivity contribution in [1.29, 1.82) is 0 Å². The maximum Gasteiger partial charge on any atom is 0.260 e. The van der Waals surface area contributed by atoms with Gasteiger partial charge in [-0.3, -0.25) is 9.59 Å². The summed E-state index contributed by atoms with van der Waals surface area (Å²) in [5.74, 6) is 0.706. The molecule has 0 aliphatic rings. The Morgan fingerprint density at radius 1 is 1.32 bits per heavy atom. The molecule has 22 heavy (non-hydrogen) atoms. The highest BCUT2D eigenvalue weighted by Gasteiger charge is 2.16. The standard InChI is InChI=1S/C16H14N2O2S2/c1-9-12-14(20)17-16(18-15(12)22-13(9)10(2)19)21-8-11-6-4-3-5-7-11/h3-7H,8H2,1-2H3,(H,17,18,20). The quantitative estimate of drug-likeness (QED) is 0.449. The van der Waals surface area contributed by atoms with Gasteiger partial charge in [-0.2, -0.15) is 0 Å². The largest absolute Gasteiger partial charge is 0.301 e. The van der Waals surface area contributed by atoms with Gasteiger partial charge in [-0.15, -0.1) is 11.3 Å². The second-order valence-corrected chi connectivity index (χ2v) is 6.90. The molecule has 0 fully saturated rings. The molecule has 0 amide bonds. The number of nitrogens with one attached hydrogen (secondary N) is 1. The summed E-state index contributed by atoms with van der Waals surface area (Å²) < 4.78 is 0. The summed E-state index contributed by atoms with van der Waals surface area (Å²) in [5.41, 5.74) is 1.71. The zero-order valence-electron chi connectivity index (χ0n) is 12.2. The first-order chi connectivity index (χ1) is 10.6. The average Bonchev–Trinajstić information content (AvgIpc) is 2.84. The number of benzene rings is 1. The van der Waals surface area contributed by atoms with Gasteiger partial charge >= 0.3 is 0 Å². The SMILES string of the molecule is CC(=O)c1sc2nc(SCc3ccccc3)[nH]c(=O)c2c1C. The van der Waals surface area contributed by atoms with Crippen LogP contribution in [0.1, 0.15) is 27.7 Å². The van der Waals surface area contributed by atoms with Crippen LogP contribution in [0.5, 0.6) is 0 Å². The van der Waals surface area contributed by atoms with Gasteiger partial charge in [0.25, 0.3) is 5.56 Å². The van der Waals surface area contributed by atoms with Crippen LogP contribution in [0.2, 0.25) is 0 Å². The number of H-pyrrole nitrogens is 1. The summed E-state index contributed by atoms with van der Waals surface area (Å²) in [6.45, 7) is 3.31. The Labute approximate surface area is 135 Å². The van der Waals surface area contributed by atoms with E-state index in [1.54, 1.807) is 6.92 Å². The normalized spacial score (nSPS) is 11.0. The first-order valence-electron chi connectivity index (χ1n) is 6.77. The summed E-state index contributed by atoms with van der Waals surface area (Å²) in [6, 6.07) is 10.0. The van der Waals surface area contributed by atoms with Crippen LogP contribution in [0, 0.1) is 6.92 Å². The minimum atomic E-state index is -0.179. The smallest absolute Gasteiger partial charge is 0.260 e. The van der Waals surface area contributed by atoms with Crippen LogP contribution in [0.25, 0.3) is 10.2 Å². The van der Waals surface area contributed by atoms with Crippen molar-refractivity contribution in [2.24, 2.45) is 0 Å². The Morgan fingerprint density at radius 3 is 2.73 bits per heavy atom. The number of Topliss-reactive ketones (excluding diaryl/α,β-unsaturated/α-hetero) is 1. The van der Waals surface area contributed by atoms with Gasteiger partial charge in [-0.25, -0.2) is 4.98 Å². The number of aromatic nitrogens is 2. The summed E-state index contributed by atoms with van der Waals surface area (Å²) >= 11 is 2.77. The fourth-order valence-electron chi connectivity index (χ4n) is 2.25. The second-order valence-electron chi connectivity index (χ2n) is 4.94. The Kier molecular flexibility index (Phi) is 4.13. The summed E-state index contributed by atoms with van der Waals surface area (Å²) in [6.07, 6.45) is 0. The van der Waals surface area contributed by atoms with Crippen LogP contribution in [0.4, 0.5) is 0 Å². The topological polar surface area (TPSA) is 62.8 Å². The van der Waals surface area contributed by atoms with Crippen molar-refractivity contribution in [3.05, 3.63) is 56.7 Å². The van der Waals surface area contributed by atoms with Crippen molar-refractivity contribution < 1.29 is 4.79 Å². The van der Waals surface area contributed by atoms with E-state index in [1.165, 1.54) is 35.6 Å². The molecule has 2 aromatic heterocycles. The van der Waals surface area contributed by atoms with Crippen LogP contribution >= 0.6 is 23.1 Å². The number of carbonyl (C=O) groups is 1. The molecular formula is C16H14N2O2S2. The summed E-state index contributed by atoms with van der Waals surface area (Å²) in [4.78, 5) is 32.4. The molecule has 1 N–H and O–H groups in total. The van der Waals surface area contributed by atoms with E-state index in [1.807, 2.05) is 30.3 Å². The fraction of sp³-hybridized carbons (Fsp3) is 0.188. The summed E-state index contributed by atoms with van der Waals surface area (Å²) in [5, 5.41) is 1.11. The highest BCUT2D eigenvalue weighted by molar-refractivity contribution is 7.98. The van der Waals surface area contributed by atoms with Gasteiger partial charge in [-0.1, -0.05) is 42.1 Å². The molecule has 0 saturated heterocycles. The number of hydrogen-bond acceptors (Lipinski definition) is 5. The van der Waals surface area contributed by atoms with E-state index in [9.17, 15) is 9.59 Å². The molecule has 0 unspecified atom stereocenters. The van der Waals surface area contributed by atoms with Gasteiger partial charge in [0, 0.05) is 5.75 Å². The van der Waals surface area contributed by atoms with Gasteiger partial charge in [-0.05, 0) is 25.0 Å². The maximum atomic E-state index is 12.3. The number of aryl methyl sites for hydroxylation is 1. The Balaban J connectivity index is 1.95. The summed E-state index contributed by atoms with van der Waals surface area (Å²) in [7, 11) is 0. The number of rotatable bonds is 4. The second kappa shape index (κ2) is 6.06. The molecule has 0 saturated carbocycles. The van der Waals surface area contributed by atoms with E-state index >= 15 is 0 Å². The van der Waals surface area contributed by atoms with E-state index in [0.29, 0.717) is 20.3 Å². The lowest BCUT2D eigenvalue weighted by atomic mass is 10.2. The molecule has 2 heterocycles. The molecule has 0 aliphatic heterocycles. The van der Waals surface area contributed by atoms with E-state index in [4.69, 9.17) is 0 Å². The first kappa shape index (κ1) is 15.0. The molecule has 0 bridgehead atoms. The highest BCUT2D eigenvalue weighted by atomic mass is 32.2. The number of nitrogens with zero attached hydrogens (tertiary/aromatic N) is 1. The highest BCUT2D eigenvalue weighted by Crippen LogP contribution is 2.29. The minimum absolute atomic E-state index is 0.0293. The maximum absolute atomic E-state index is 12.3. The molecule has 1 aromatic carbocycles. The molecule has 4 nitrogen and oxygen atoms in total. The molecule has 112 valence electrons. The van der Waals surface area contributed by atoms with Crippen LogP contribution in [0.15, 0.2) is 40.3 Å². The average molecular weight is 330 g/mol. The third kappa shape index (κ3) is 2.84. The Bertz CT molecular complexity index is 898. The van der Waals surface area contributed by atoms with Crippen LogP contribution < -0.4 is 5.56 Å². The van der Waals surface area contributed by atoms with Crippen molar-refractivity contribution in [2.75, 3.05) is 0 Å². The fourth-order valence-corrected chi connectivity index (χ4v) is 4.21. The molecule has 0 radical (unpaired) electrons. The Hall–Kier alpha value is -1.92. The first-order valence-corrected chi connectivity index (χ1v) is 8.57. The van der Waals surface area contributed by atoms with Crippen molar-refractivity contribution in [3.8, 4) is 0 Å². The predicted molar refractivity (Wildman–Crippen MR) is 91.0 cm³/mol. The lowest BCUT2D eigenvalue weighted by molar-refractivity contribution is 0.102. The van der Waals surface area contributed by atoms with Crippen molar-refractivity contribution in [3.63, 3.8) is 0 Å². The number of carbonyl (C=O) groups excluding carboxylic acids is 1. The van der Waals surface area contributed by atoms with Gasteiger partial charge < -0.3 is 4.98 Å². The van der Waals surface area contributed by atoms with Gasteiger partial charge in [0.15, 0.2) is 10.9 Å². The number of thiophene rings is 1. The number of ketones is 1. The Morgan fingerprint density at radius 2 is 2.05 bits per heavy atom. The molecule has 0 spiro atoms. The molecule has 6 heteroatoms. The van der Waals surface area contributed by atoms with E-state index in [-0.39, 0.29) is 11.3 Å². The van der Waals surface area contributed by atoms with Crippen LogP contribution in [-0.2, 0) is 5.75 Å². The van der Waals surface area contributed by atoms with Crippen LogP contribution in [-0.4, -0.2) is 15.8 Å². The van der Waals surface area contributed by atoms with E-state index in [2.05, 4.69) is 9.97 Å². The van der Waals surface area contributed by atoms with E-state index in [0.717, 1.165) is 11.3 Å². The lowest BCUT2D eigenvalue weighted by Crippen LogP contribution is -2.09. The van der Waals surface area contributed by atoms with Gasteiger partial charge in [0.2, 0.25) is 0 Å². The number of fused-ring (bicyclic) bond motifs is 1. The lowest BCUT2D eigenvalue weighted by Gasteiger charge is -2.01. The zero-order valence-corrected chi connectivity index (χ0v) is 13.8. The molecular weight excluding hydrogens is 316 g/mol. The van der Waals surface area contributed by atoms with Gasteiger partial charge in [0.05, 0.1) is 10.3 Å². The molecule has 0 aliphatic carbocycles. The number of thioether (sulfide) groups is 1. The number of hydrogen-bond donors (Lipinski definition) is 1. The molecule has 3 aromatic rings. The monoisotopic (exact) mass is 330 g/mol. The third-order valence-corrected chi connectivity index (χ3v) is 5.55. The third-order valence-electron chi connectivity index (χ3n) is 3.32. The molecule has 3 rings (SSSR count). The number of aromatic amines is 1. The zero-order chi connectivity index (χ0) is 15.7. The predicted octanol–water partition coefficient (Wildman–Crippen LogP) is 3.79. The minimum Gasteiger partial charge on any atom is -0.301 e.